The van der Waals surface area contributed by atoms with Crippen molar-refractivity contribution in [1.82, 2.24) is 38.7 Å². The van der Waals surface area contributed by atoms with Crippen LogP contribution in [0.2, 0.25) is 0 Å². The Morgan fingerprint density at radius 1 is 0.982 bits per heavy atom. The first-order chi connectivity index (χ1) is 27.1. The summed E-state index contributed by atoms with van der Waals surface area (Å²) in [6.45, 7) is 0.577. The van der Waals surface area contributed by atoms with Crippen LogP contribution in [0.1, 0.15) is 84.7 Å². The second kappa shape index (κ2) is 14.5. The molecule has 2 saturated heterocycles. The fourth-order valence-corrected chi connectivity index (χ4v) is 8.81. The molecule has 5 heterocycles. The molecule has 3 aliphatic rings. The highest BCUT2D eigenvalue weighted by molar-refractivity contribution is 6.03. The van der Waals surface area contributed by atoms with E-state index in [0.29, 0.717) is 47.1 Å². The number of imidazole rings is 1. The van der Waals surface area contributed by atoms with Gasteiger partial charge in [0.15, 0.2) is 5.69 Å². The number of rotatable bonds is 7. The number of carbonyl (C=O) groups is 3. The maximum absolute atomic E-state index is 16.1. The summed E-state index contributed by atoms with van der Waals surface area (Å²) in [7, 11) is 2.92. The Morgan fingerprint density at radius 3 is 2.49 bits per heavy atom. The molecule has 0 radical (unpaired) electrons. The topological polar surface area (TPSA) is 140 Å². The van der Waals surface area contributed by atoms with Crippen LogP contribution < -0.4 is 11.0 Å². The molecular formula is C39H40F5N9O4. The number of piperidine rings is 2. The molecule has 13 nitrogen and oxygen atoms in total. The molecule has 2 aromatic carbocycles. The van der Waals surface area contributed by atoms with E-state index in [1.54, 1.807) is 36.4 Å². The molecule has 57 heavy (non-hydrogen) atoms. The number of aryl methyl sites for hydroxylation is 1. The van der Waals surface area contributed by atoms with Crippen LogP contribution in [0.15, 0.2) is 59.8 Å². The molecule has 2 aliphatic heterocycles. The Bertz CT molecular complexity index is 2450. The maximum Gasteiger partial charge on any atom is 0.434 e. The van der Waals surface area contributed by atoms with Gasteiger partial charge in [0.1, 0.15) is 11.7 Å². The number of nitrogens with zero attached hydrogens (tertiary/aromatic N) is 8. The van der Waals surface area contributed by atoms with E-state index < -0.39 is 59.5 Å². The van der Waals surface area contributed by atoms with Gasteiger partial charge in [-0.15, -0.1) is 0 Å². The second-order valence-corrected chi connectivity index (χ2v) is 15.4. The van der Waals surface area contributed by atoms with Gasteiger partial charge in [-0.3, -0.25) is 43.0 Å². The first-order valence-electron chi connectivity index (χ1n) is 18.9. The number of halogens is 5. The number of nitrogens with one attached hydrogen (secondary N) is 1. The molecule has 1 unspecified atom stereocenters. The number of benzene rings is 2. The monoisotopic (exact) mass is 793 g/mol. The van der Waals surface area contributed by atoms with Crippen molar-refractivity contribution in [3.05, 3.63) is 82.4 Å². The Morgan fingerprint density at radius 2 is 1.75 bits per heavy atom. The van der Waals surface area contributed by atoms with Crippen molar-refractivity contribution >= 4 is 45.3 Å². The number of likely N-dealkylation sites (tertiary alicyclic amines) is 2. The summed E-state index contributed by atoms with van der Waals surface area (Å²) in [5, 5.41) is 8.01. The highest BCUT2D eigenvalue weighted by Crippen LogP contribution is 2.44. The third kappa shape index (κ3) is 7.19. The lowest BCUT2D eigenvalue weighted by atomic mass is 9.83. The van der Waals surface area contributed by atoms with E-state index in [0.717, 1.165) is 42.2 Å². The summed E-state index contributed by atoms with van der Waals surface area (Å²) in [6.07, 6.45) is 2.33. The summed E-state index contributed by atoms with van der Waals surface area (Å²) in [5.74, 6) is -5.64. The number of aromatic nitrogens is 6. The minimum Gasteiger partial charge on any atom is -0.321 e. The summed E-state index contributed by atoms with van der Waals surface area (Å²) in [4.78, 5) is 61.0. The van der Waals surface area contributed by atoms with Crippen LogP contribution in [0.25, 0.3) is 21.9 Å². The molecule has 18 heteroatoms. The van der Waals surface area contributed by atoms with Crippen LogP contribution in [0.4, 0.5) is 27.6 Å². The lowest BCUT2D eigenvalue weighted by Crippen LogP contribution is -2.49. The number of hydrogen-bond donors (Lipinski definition) is 1. The van der Waals surface area contributed by atoms with Crippen molar-refractivity contribution < 1.29 is 36.3 Å². The molecule has 3 fully saturated rings. The largest absolute Gasteiger partial charge is 0.434 e. The molecule has 3 amide bonds. The predicted octanol–water partition coefficient (Wildman–Crippen LogP) is 5.93. The molecule has 300 valence electrons. The number of alkyl halides is 5. The highest BCUT2D eigenvalue weighted by atomic mass is 19.4. The molecule has 5 aromatic rings. The van der Waals surface area contributed by atoms with Crippen molar-refractivity contribution in [3.8, 4) is 0 Å². The molecule has 1 saturated carbocycles. The highest BCUT2D eigenvalue weighted by Gasteiger charge is 2.47. The zero-order valence-electron chi connectivity index (χ0n) is 31.2. The second-order valence-electron chi connectivity index (χ2n) is 15.4. The number of para-hydroxylation sites is 1. The van der Waals surface area contributed by atoms with Gasteiger partial charge in [0.2, 0.25) is 5.91 Å². The van der Waals surface area contributed by atoms with Crippen LogP contribution in [-0.4, -0.2) is 89.0 Å². The lowest BCUT2D eigenvalue weighted by molar-refractivity contribution is -0.149. The van der Waals surface area contributed by atoms with E-state index in [2.05, 4.69) is 15.3 Å². The average Bonchev–Trinajstić information content (AvgIpc) is 3.71. The number of amides is 3. The number of hydrogen-bond acceptors (Lipinski definition) is 8. The van der Waals surface area contributed by atoms with E-state index in [1.165, 1.54) is 23.2 Å². The van der Waals surface area contributed by atoms with Gasteiger partial charge < -0.3 is 5.32 Å². The quantitative estimate of drug-likeness (QED) is 0.158. The number of likely N-dealkylation sites (N-methyl/N-ethyl adjacent to an activating group) is 1. The van der Waals surface area contributed by atoms with Gasteiger partial charge >= 0.3 is 11.9 Å². The van der Waals surface area contributed by atoms with Crippen molar-refractivity contribution in [2.45, 2.75) is 75.0 Å². The van der Waals surface area contributed by atoms with Gasteiger partial charge in [-0.05, 0) is 80.8 Å². The Balaban J connectivity index is 0.892. The van der Waals surface area contributed by atoms with E-state index >= 15 is 8.78 Å². The SMILES string of the molecule is CN1C(=O)CCC(n2c(=O)n(C)c3c([C@@H]4CCN(CC5CCC(n6cc7cc(NC(=O)c8cncc(C(F)(F)F)n8)ccc7n6)CC5)CC4(F)F)cccc32)C1=O. The maximum atomic E-state index is 16.1. The van der Waals surface area contributed by atoms with Crippen molar-refractivity contribution in [1.29, 1.82) is 0 Å². The fraction of sp³-hybridized carbons (Fsp3) is 0.462. The van der Waals surface area contributed by atoms with Gasteiger partial charge in [0, 0.05) is 44.3 Å². The molecule has 2 atom stereocenters. The minimum absolute atomic E-state index is 0.0866. The van der Waals surface area contributed by atoms with Crippen LogP contribution in [0.3, 0.4) is 0 Å². The smallest absolute Gasteiger partial charge is 0.321 e. The first-order valence-corrected chi connectivity index (χ1v) is 18.9. The summed E-state index contributed by atoms with van der Waals surface area (Å²) < 4.78 is 76.0. The third-order valence-electron chi connectivity index (χ3n) is 11.8. The Hall–Kier alpha value is -5.52. The predicted molar refractivity (Wildman–Crippen MR) is 198 cm³/mol. The minimum atomic E-state index is -4.74. The Kier molecular flexibility index (Phi) is 9.72. The summed E-state index contributed by atoms with van der Waals surface area (Å²) in [5.41, 5.74) is -0.0299. The molecule has 8 rings (SSSR count). The van der Waals surface area contributed by atoms with Gasteiger partial charge in [-0.2, -0.15) is 18.3 Å². The lowest BCUT2D eigenvalue weighted by Gasteiger charge is -2.41. The van der Waals surface area contributed by atoms with E-state index in [-0.39, 0.29) is 37.1 Å². The first kappa shape index (κ1) is 38.4. The summed E-state index contributed by atoms with van der Waals surface area (Å²) in [6, 6.07) is 9.16. The molecule has 3 aromatic heterocycles. The van der Waals surface area contributed by atoms with Crippen molar-refractivity contribution in [3.63, 3.8) is 0 Å². The summed E-state index contributed by atoms with van der Waals surface area (Å²) >= 11 is 0. The fourth-order valence-electron chi connectivity index (χ4n) is 8.81. The number of imide groups is 1. The van der Waals surface area contributed by atoms with Crippen molar-refractivity contribution in [2.24, 2.45) is 13.0 Å². The normalized spacial score (nSPS) is 23.4. The molecule has 1 aliphatic carbocycles. The van der Waals surface area contributed by atoms with Gasteiger partial charge in [-0.1, -0.05) is 12.1 Å². The van der Waals surface area contributed by atoms with E-state index in [1.807, 2.05) is 15.8 Å². The van der Waals surface area contributed by atoms with E-state index in [9.17, 15) is 32.3 Å². The van der Waals surface area contributed by atoms with Gasteiger partial charge in [-0.25, -0.2) is 18.6 Å². The molecule has 0 spiro atoms. The Labute approximate surface area is 322 Å². The van der Waals surface area contributed by atoms with Crippen molar-refractivity contribution in [2.75, 3.05) is 32.0 Å². The molecular weight excluding hydrogens is 753 g/mol. The van der Waals surface area contributed by atoms with Crippen LogP contribution >= 0.6 is 0 Å². The van der Waals surface area contributed by atoms with E-state index in [4.69, 9.17) is 5.10 Å². The van der Waals surface area contributed by atoms with Gasteiger partial charge in [0.25, 0.3) is 17.7 Å². The third-order valence-corrected chi connectivity index (χ3v) is 11.8. The zero-order valence-corrected chi connectivity index (χ0v) is 31.2. The average molecular weight is 794 g/mol. The standard InChI is InChI=1S/C39H40F5N9O4/c1-49-33(54)13-12-31(36(49)56)53-30-5-3-4-26(34(30)50(2)37(53)57)27-14-15-51(21-38(27,40)41)19-22-6-9-25(10-7-22)52-20-23-16-24(8-11-28(23)48-52)46-35(55)29-17-45-18-32(47-29)39(42,43)44/h3-5,8,11,16-18,20,22,25,27,31H,6-7,9-10,12-15,19,21H2,1-2H3,(H,46,55)/t22?,25?,27-,31?/m0/s1. The van der Waals surface area contributed by atoms with Crippen LogP contribution in [-0.2, 0) is 22.8 Å². The van der Waals surface area contributed by atoms with Crippen LogP contribution in [0.5, 0.6) is 0 Å². The van der Waals surface area contributed by atoms with Crippen LogP contribution in [0, 0.1) is 5.92 Å². The van der Waals surface area contributed by atoms with Gasteiger partial charge in [0.05, 0.1) is 47.4 Å². The number of fused-ring (bicyclic) bond motifs is 2. The molecule has 1 N–H and O–H groups in total. The molecule has 0 bridgehead atoms. The zero-order chi connectivity index (χ0) is 40.4. The number of carbonyl (C=O) groups excluding carboxylic acids is 3. The number of anilines is 1.